The van der Waals surface area contributed by atoms with E-state index in [4.69, 9.17) is 14.2 Å². The Balaban J connectivity index is 1.42. The Morgan fingerprint density at radius 2 is 1.68 bits per heavy atom. The van der Waals surface area contributed by atoms with Crippen LogP contribution in [0, 0.1) is 5.92 Å². The fourth-order valence-corrected chi connectivity index (χ4v) is 12.1. The molecule has 3 aliphatic rings. The van der Waals surface area contributed by atoms with Crippen LogP contribution < -0.4 is 19.6 Å². The number of rotatable bonds is 7. The molecule has 3 aromatic rings. The summed E-state index contributed by atoms with van der Waals surface area (Å²) in [5.41, 5.74) is 2.54. The third-order valence-electron chi connectivity index (χ3n) is 10.4. The zero-order valence-corrected chi connectivity index (χ0v) is 27.4. The molecule has 8 nitrogen and oxygen atoms in total. The number of aliphatic hydroxyl groups is 1. The topological polar surface area (TPSA) is 88.5 Å². The maximum atomic E-state index is 14.3. The molecular weight excluding hydrogens is 572 g/mol. The first-order valence-electron chi connectivity index (χ1n) is 15.3. The normalized spacial score (nSPS) is 26.1. The van der Waals surface area contributed by atoms with Gasteiger partial charge in [0.1, 0.15) is 11.5 Å². The third-order valence-corrected chi connectivity index (χ3v) is 14.8. The minimum Gasteiger partial charge on any atom is -0.497 e. The van der Waals surface area contributed by atoms with E-state index < -0.39 is 19.8 Å². The van der Waals surface area contributed by atoms with Crippen molar-refractivity contribution in [3.05, 3.63) is 83.4 Å². The Bertz CT molecular complexity index is 1580. The molecule has 0 bridgehead atoms. The summed E-state index contributed by atoms with van der Waals surface area (Å²) in [6.45, 7) is 7.05. The number of hydrogen-bond donors (Lipinski definition) is 1. The maximum Gasteiger partial charge on any atom is 0.264 e. The molecule has 0 aliphatic carbocycles. The molecule has 1 N–H and O–H groups in total. The van der Waals surface area contributed by atoms with Gasteiger partial charge in [0.2, 0.25) is 5.91 Å². The van der Waals surface area contributed by atoms with Crippen molar-refractivity contribution in [2.45, 2.75) is 62.7 Å². The van der Waals surface area contributed by atoms with E-state index in [1.165, 1.54) is 5.19 Å². The Kier molecular flexibility index (Phi) is 7.84. The van der Waals surface area contributed by atoms with Crippen molar-refractivity contribution in [2.24, 2.45) is 5.92 Å². The van der Waals surface area contributed by atoms with E-state index in [1.54, 1.807) is 31.1 Å². The van der Waals surface area contributed by atoms with Crippen LogP contribution in [0.3, 0.4) is 0 Å². The largest absolute Gasteiger partial charge is 0.497 e. The van der Waals surface area contributed by atoms with Crippen LogP contribution in [-0.2, 0) is 32.9 Å². The van der Waals surface area contributed by atoms with Crippen molar-refractivity contribution < 1.29 is 28.9 Å². The lowest BCUT2D eigenvalue weighted by atomic mass is 9.82. The number of carbonyl (C=O) groups excluding carboxylic acids is 2. The van der Waals surface area contributed by atoms with Gasteiger partial charge in [0, 0.05) is 25.1 Å². The summed E-state index contributed by atoms with van der Waals surface area (Å²) < 4.78 is 18.1. The van der Waals surface area contributed by atoms with Gasteiger partial charge in [-0.2, -0.15) is 0 Å². The van der Waals surface area contributed by atoms with Gasteiger partial charge in [0.15, 0.2) is 5.60 Å². The Morgan fingerprint density at radius 3 is 2.34 bits per heavy atom. The number of amides is 2. The molecule has 44 heavy (non-hydrogen) atoms. The number of nitrogens with zero attached hydrogens (tertiary/aromatic N) is 2. The molecule has 1 fully saturated rings. The molecule has 0 unspecified atom stereocenters. The minimum atomic E-state index is -2.40. The van der Waals surface area contributed by atoms with Crippen molar-refractivity contribution in [1.82, 2.24) is 4.90 Å². The summed E-state index contributed by atoms with van der Waals surface area (Å²) in [6, 6.07) is 21.7. The van der Waals surface area contributed by atoms with Gasteiger partial charge in [-0.1, -0.05) is 61.6 Å². The van der Waals surface area contributed by atoms with Crippen LogP contribution in [0.2, 0.25) is 18.6 Å². The van der Waals surface area contributed by atoms with Gasteiger partial charge in [0.25, 0.3) is 5.91 Å². The molecule has 9 heteroatoms. The first kappa shape index (κ1) is 30.4. The number of aliphatic hydroxyl groups excluding tert-OH is 1. The monoisotopic (exact) mass is 614 g/mol. The molecular formula is C35H42N2O6Si. The highest BCUT2D eigenvalue weighted by Crippen LogP contribution is 2.60. The lowest BCUT2D eigenvalue weighted by Crippen LogP contribution is -2.52. The molecule has 232 valence electrons. The molecule has 1 saturated heterocycles. The zero-order valence-electron chi connectivity index (χ0n) is 26.4. The molecule has 0 saturated carbocycles. The predicted octanol–water partition coefficient (Wildman–Crippen LogP) is 4.23. The maximum absolute atomic E-state index is 14.3. The van der Waals surface area contributed by atoms with E-state index >= 15 is 0 Å². The fourth-order valence-electron chi connectivity index (χ4n) is 8.06. The van der Waals surface area contributed by atoms with Crippen LogP contribution in [0.15, 0.2) is 66.7 Å². The van der Waals surface area contributed by atoms with E-state index in [0.29, 0.717) is 18.7 Å². The molecule has 2 amide bonds. The second kappa shape index (κ2) is 11.4. The van der Waals surface area contributed by atoms with Crippen molar-refractivity contribution in [2.75, 3.05) is 32.8 Å². The Labute approximate surface area is 260 Å². The third kappa shape index (κ3) is 4.64. The molecule has 3 aliphatic heterocycles. The SMILES string of the molecule is COc1ccc([Si](C)(C)[C@H]2[C@H](CC(=O)N3Cc4ccccc4C[C@H]3CO)O[C@@]3(C(=O)N(C)c4ccc(OC)cc43)[C@@H]2C)cc1. The van der Waals surface area contributed by atoms with Gasteiger partial charge >= 0.3 is 0 Å². The van der Waals surface area contributed by atoms with E-state index in [-0.39, 0.29) is 42.3 Å². The van der Waals surface area contributed by atoms with Crippen molar-refractivity contribution in [3.8, 4) is 11.5 Å². The Hall–Kier alpha value is -3.66. The van der Waals surface area contributed by atoms with Crippen LogP contribution in [0.25, 0.3) is 0 Å². The van der Waals surface area contributed by atoms with E-state index in [9.17, 15) is 14.7 Å². The summed E-state index contributed by atoms with van der Waals surface area (Å²) in [6.07, 6.45) is 0.224. The van der Waals surface area contributed by atoms with Crippen LogP contribution >= 0.6 is 0 Å². The highest BCUT2D eigenvalue weighted by molar-refractivity contribution is 6.91. The second-order valence-corrected chi connectivity index (χ2v) is 17.6. The van der Waals surface area contributed by atoms with Gasteiger partial charge in [-0.15, -0.1) is 0 Å². The molecule has 1 spiro atoms. The summed E-state index contributed by atoms with van der Waals surface area (Å²) >= 11 is 0. The Morgan fingerprint density at radius 1 is 1.02 bits per heavy atom. The number of benzene rings is 3. The van der Waals surface area contributed by atoms with Crippen molar-refractivity contribution in [1.29, 1.82) is 0 Å². The van der Waals surface area contributed by atoms with Crippen LogP contribution in [-0.4, -0.2) is 69.9 Å². The van der Waals surface area contributed by atoms with Gasteiger partial charge in [0.05, 0.1) is 53.2 Å². The van der Waals surface area contributed by atoms with Gasteiger partial charge < -0.3 is 29.1 Å². The molecule has 5 atom stereocenters. The fraction of sp³-hybridized carbons (Fsp3) is 0.429. The highest BCUT2D eigenvalue weighted by Gasteiger charge is 2.66. The molecule has 0 radical (unpaired) electrons. The lowest BCUT2D eigenvalue weighted by molar-refractivity contribution is -0.150. The summed E-state index contributed by atoms with van der Waals surface area (Å²) in [5, 5.41) is 11.5. The van der Waals surface area contributed by atoms with E-state index in [0.717, 1.165) is 28.1 Å². The lowest BCUT2D eigenvalue weighted by Gasteiger charge is -2.39. The highest BCUT2D eigenvalue weighted by atomic mass is 28.3. The second-order valence-electron chi connectivity index (χ2n) is 12.9. The van der Waals surface area contributed by atoms with Crippen molar-refractivity contribution >= 4 is 30.8 Å². The standard InChI is InChI=1S/C35H42N2O6Si/c1-22-33(44(5,6)28-14-11-26(41-3)12-15-28)31(19-32(39)37-20-24-10-8-7-9-23(24)17-25(37)21-38)43-35(22)29-18-27(42-4)13-16-30(29)36(2)34(35)40/h7-16,18,22,25,31,33,38H,17,19-21H2,1-6H3/t22-,25+,31+,33-,35+/m1/s1. The van der Waals surface area contributed by atoms with Gasteiger partial charge in [-0.3, -0.25) is 9.59 Å². The number of methoxy groups -OCH3 is 2. The number of ether oxygens (including phenoxy) is 3. The number of anilines is 1. The van der Waals surface area contributed by atoms with E-state index in [2.05, 4.69) is 38.2 Å². The number of likely N-dealkylation sites (N-methyl/N-ethyl adjacent to an activating group) is 1. The minimum absolute atomic E-state index is 0.0676. The summed E-state index contributed by atoms with van der Waals surface area (Å²) in [4.78, 5) is 32.0. The summed E-state index contributed by atoms with van der Waals surface area (Å²) in [5.74, 6) is 1.03. The van der Waals surface area contributed by atoms with Crippen molar-refractivity contribution in [3.63, 3.8) is 0 Å². The number of fused-ring (bicyclic) bond motifs is 3. The van der Waals surface area contributed by atoms with Gasteiger partial charge in [-0.25, -0.2) is 0 Å². The quantitative estimate of drug-likeness (QED) is 0.401. The van der Waals surface area contributed by atoms with E-state index in [1.807, 2.05) is 48.5 Å². The smallest absolute Gasteiger partial charge is 0.264 e. The number of hydrogen-bond acceptors (Lipinski definition) is 6. The first-order valence-corrected chi connectivity index (χ1v) is 18.4. The first-order chi connectivity index (χ1) is 21.1. The van der Waals surface area contributed by atoms with Gasteiger partial charge in [-0.05, 0) is 53.4 Å². The number of carbonyl (C=O) groups is 2. The molecule has 6 rings (SSSR count). The summed E-state index contributed by atoms with van der Waals surface area (Å²) in [7, 11) is 2.66. The molecule has 3 aromatic carbocycles. The zero-order chi connectivity index (χ0) is 31.4. The average molecular weight is 615 g/mol. The average Bonchev–Trinajstić information content (AvgIpc) is 3.45. The van der Waals surface area contributed by atoms with Crippen LogP contribution in [0.1, 0.15) is 30.0 Å². The van der Waals surface area contributed by atoms with Crippen LogP contribution in [0.4, 0.5) is 5.69 Å². The molecule has 3 heterocycles. The molecule has 0 aromatic heterocycles. The van der Waals surface area contributed by atoms with Crippen LogP contribution in [0.5, 0.6) is 11.5 Å². The predicted molar refractivity (Wildman–Crippen MR) is 172 cm³/mol.